The highest BCUT2D eigenvalue weighted by Crippen LogP contribution is 2.14. The van der Waals surface area contributed by atoms with Crippen LogP contribution < -0.4 is 5.32 Å². The van der Waals surface area contributed by atoms with Crippen molar-refractivity contribution in [2.45, 2.75) is 38.6 Å². The molecule has 5 nitrogen and oxygen atoms in total. The van der Waals surface area contributed by atoms with Crippen LogP contribution in [-0.2, 0) is 12.8 Å². The summed E-state index contributed by atoms with van der Waals surface area (Å²) in [4.78, 5) is 0. The normalized spacial score (nSPS) is 18.9. The Morgan fingerprint density at radius 1 is 1.32 bits per heavy atom. The third-order valence-electron chi connectivity index (χ3n) is 3.71. The van der Waals surface area contributed by atoms with E-state index in [2.05, 4.69) is 52.0 Å². The summed E-state index contributed by atoms with van der Waals surface area (Å²) in [5, 5.41) is 15.6. The standard InChI is InChI=1S/C14H19N5/c1-2-11-5-7-13(8-6-11)19-14(16-17-18-19)10-12-4-3-9-15-12/h5-8,12,15H,2-4,9-10H2,1H3. The number of aryl methyl sites for hydroxylation is 1. The first kappa shape index (κ1) is 12.3. The van der Waals surface area contributed by atoms with Gasteiger partial charge in [-0.25, -0.2) is 0 Å². The number of hydrogen-bond acceptors (Lipinski definition) is 4. The predicted octanol–water partition coefficient (Wildman–Crippen LogP) is 1.52. The molecule has 1 aliphatic heterocycles. The van der Waals surface area contributed by atoms with Crippen LogP contribution in [0.3, 0.4) is 0 Å². The maximum Gasteiger partial charge on any atom is 0.158 e. The number of tetrazole rings is 1. The number of hydrogen-bond donors (Lipinski definition) is 1. The van der Waals surface area contributed by atoms with E-state index in [0.717, 1.165) is 30.9 Å². The lowest BCUT2D eigenvalue weighted by molar-refractivity contribution is 0.575. The highest BCUT2D eigenvalue weighted by Gasteiger charge is 2.18. The molecule has 0 aliphatic carbocycles. The van der Waals surface area contributed by atoms with Gasteiger partial charge in [0.15, 0.2) is 5.82 Å². The first-order valence-electron chi connectivity index (χ1n) is 6.97. The second kappa shape index (κ2) is 5.48. The van der Waals surface area contributed by atoms with E-state index in [1.54, 1.807) is 0 Å². The van der Waals surface area contributed by atoms with E-state index in [9.17, 15) is 0 Å². The molecule has 3 rings (SSSR count). The van der Waals surface area contributed by atoms with Gasteiger partial charge in [-0.1, -0.05) is 19.1 Å². The van der Waals surface area contributed by atoms with E-state index in [-0.39, 0.29) is 0 Å². The highest BCUT2D eigenvalue weighted by atomic mass is 15.5. The van der Waals surface area contributed by atoms with Crippen molar-refractivity contribution in [2.75, 3.05) is 6.54 Å². The predicted molar refractivity (Wildman–Crippen MR) is 73.3 cm³/mol. The van der Waals surface area contributed by atoms with Gasteiger partial charge in [-0.15, -0.1) is 5.10 Å². The SMILES string of the molecule is CCc1ccc(-n2nnnc2CC2CCCN2)cc1. The van der Waals surface area contributed by atoms with Gasteiger partial charge in [-0.3, -0.25) is 0 Å². The molecule has 1 atom stereocenters. The van der Waals surface area contributed by atoms with Gasteiger partial charge in [0.05, 0.1) is 5.69 Å². The Labute approximate surface area is 113 Å². The van der Waals surface area contributed by atoms with Gasteiger partial charge < -0.3 is 5.32 Å². The molecule has 0 radical (unpaired) electrons. The zero-order valence-corrected chi connectivity index (χ0v) is 11.2. The molecule has 1 unspecified atom stereocenters. The number of aromatic nitrogens is 4. The fourth-order valence-electron chi connectivity index (χ4n) is 2.56. The van der Waals surface area contributed by atoms with E-state index in [1.165, 1.54) is 18.4 Å². The number of nitrogens with zero attached hydrogens (tertiary/aromatic N) is 4. The van der Waals surface area contributed by atoms with Crippen molar-refractivity contribution in [3.63, 3.8) is 0 Å². The van der Waals surface area contributed by atoms with Crippen molar-refractivity contribution >= 4 is 0 Å². The topological polar surface area (TPSA) is 55.6 Å². The highest BCUT2D eigenvalue weighted by molar-refractivity contribution is 5.34. The van der Waals surface area contributed by atoms with Crippen LogP contribution in [-0.4, -0.2) is 32.8 Å². The number of benzene rings is 1. The van der Waals surface area contributed by atoms with Gasteiger partial charge in [0.25, 0.3) is 0 Å². The first-order chi connectivity index (χ1) is 9.36. The Balaban J connectivity index is 1.81. The van der Waals surface area contributed by atoms with E-state index in [1.807, 2.05) is 4.68 Å². The van der Waals surface area contributed by atoms with Crippen molar-refractivity contribution in [1.29, 1.82) is 0 Å². The van der Waals surface area contributed by atoms with Crippen LogP contribution in [0.15, 0.2) is 24.3 Å². The number of rotatable bonds is 4. The molecule has 1 aliphatic rings. The summed E-state index contributed by atoms with van der Waals surface area (Å²) in [5.41, 5.74) is 2.37. The molecule has 0 amide bonds. The Kier molecular flexibility index (Phi) is 3.55. The maximum absolute atomic E-state index is 4.16. The van der Waals surface area contributed by atoms with Gasteiger partial charge in [0.1, 0.15) is 0 Å². The quantitative estimate of drug-likeness (QED) is 0.902. The van der Waals surface area contributed by atoms with Crippen LogP contribution in [0.2, 0.25) is 0 Å². The second-order valence-electron chi connectivity index (χ2n) is 5.02. The van der Waals surface area contributed by atoms with Gasteiger partial charge in [-0.05, 0) is 53.9 Å². The lowest BCUT2D eigenvalue weighted by Crippen LogP contribution is -2.25. The Bertz CT molecular complexity index is 525. The lowest BCUT2D eigenvalue weighted by Gasteiger charge is -2.10. The fraction of sp³-hybridized carbons (Fsp3) is 0.500. The largest absolute Gasteiger partial charge is 0.314 e. The zero-order chi connectivity index (χ0) is 13.1. The summed E-state index contributed by atoms with van der Waals surface area (Å²) in [5.74, 6) is 0.934. The van der Waals surface area contributed by atoms with Crippen LogP contribution in [0.25, 0.3) is 5.69 Å². The zero-order valence-electron chi connectivity index (χ0n) is 11.2. The first-order valence-corrected chi connectivity index (χ1v) is 6.97. The molecule has 1 fully saturated rings. The molecule has 19 heavy (non-hydrogen) atoms. The maximum atomic E-state index is 4.16. The van der Waals surface area contributed by atoms with Crippen LogP contribution in [0, 0.1) is 0 Å². The average Bonchev–Trinajstić information content (AvgIpc) is 3.11. The smallest absolute Gasteiger partial charge is 0.158 e. The third-order valence-corrected chi connectivity index (χ3v) is 3.71. The summed E-state index contributed by atoms with van der Waals surface area (Å²) in [6.45, 7) is 3.26. The molecule has 0 spiro atoms. The van der Waals surface area contributed by atoms with Crippen LogP contribution in [0.1, 0.15) is 31.2 Å². The minimum Gasteiger partial charge on any atom is -0.314 e. The minimum atomic E-state index is 0.514. The van der Waals surface area contributed by atoms with Crippen LogP contribution in [0.5, 0.6) is 0 Å². The van der Waals surface area contributed by atoms with Gasteiger partial charge in [0, 0.05) is 12.5 Å². The molecule has 5 heteroatoms. The summed E-state index contributed by atoms with van der Waals surface area (Å²) in [7, 11) is 0. The van der Waals surface area contributed by atoms with Gasteiger partial charge >= 0.3 is 0 Å². The van der Waals surface area contributed by atoms with E-state index >= 15 is 0 Å². The molecule has 2 heterocycles. The van der Waals surface area contributed by atoms with Crippen LogP contribution in [0.4, 0.5) is 0 Å². The van der Waals surface area contributed by atoms with Crippen molar-refractivity contribution in [3.8, 4) is 5.69 Å². The van der Waals surface area contributed by atoms with Gasteiger partial charge in [0.2, 0.25) is 0 Å². The van der Waals surface area contributed by atoms with Crippen LogP contribution >= 0.6 is 0 Å². The average molecular weight is 257 g/mol. The summed E-state index contributed by atoms with van der Waals surface area (Å²) >= 11 is 0. The molecule has 2 aromatic rings. The summed E-state index contributed by atoms with van der Waals surface area (Å²) in [6, 6.07) is 8.95. The van der Waals surface area contributed by atoms with Crippen molar-refractivity contribution in [3.05, 3.63) is 35.7 Å². The van der Waals surface area contributed by atoms with E-state index < -0.39 is 0 Å². The molecule has 1 aromatic carbocycles. The second-order valence-corrected chi connectivity index (χ2v) is 5.02. The summed E-state index contributed by atoms with van der Waals surface area (Å²) in [6.07, 6.45) is 4.40. The Hall–Kier alpha value is -1.75. The minimum absolute atomic E-state index is 0.514. The molecule has 0 bridgehead atoms. The molecular weight excluding hydrogens is 238 g/mol. The molecule has 100 valence electrons. The van der Waals surface area contributed by atoms with E-state index in [4.69, 9.17) is 0 Å². The monoisotopic (exact) mass is 257 g/mol. The molecule has 1 saturated heterocycles. The number of nitrogens with one attached hydrogen (secondary N) is 1. The molecular formula is C14H19N5. The summed E-state index contributed by atoms with van der Waals surface area (Å²) < 4.78 is 1.85. The van der Waals surface area contributed by atoms with E-state index in [0.29, 0.717) is 6.04 Å². The van der Waals surface area contributed by atoms with Crippen molar-refractivity contribution in [2.24, 2.45) is 0 Å². The van der Waals surface area contributed by atoms with Crippen molar-refractivity contribution in [1.82, 2.24) is 25.5 Å². The van der Waals surface area contributed by atoms with Crippen molar-refractivity contribution < 1.29 is 0 Å². The fourth-order valence-corrected chi connectivity index (χ4v) is 2.56. The molecule has 1 aromatic heterocycles. The third kappa shape index (κ3) is 2.66. The molecule has 0 saturated carbocycles. The lowest BCUT2D eigenvalue weighted by atomic mass is 10.1. The Morgan fingerprint density at radius 3 is 2.84 bits per heavy atom. The van der Waals surface area contributed by atoms with Gasteiger partial charge in [-0.2, -0.15) is 4.68 Å². The molecule has 1 N–H and O–H groups in total. The Morgan fingerprint density at radius 2 is 2.16 bits per heavy atom.